The minimum Gasteiger partial charge on any atom is -0.326 e. The lowest BCUT2D eigenvalue weighted by Crippen LogP contribution is -2.34. The van der Waals surface area contributed by atoms with Crippen LogP contribution in [-0.4, -0.2) is 10.9 Å². The van der Waals surface area contributed by atoms with Gasteiger partial charge in [-0.1, -0.05) is 18.2 Å². The lowest BCUT2D eigenvalue weighted by atomic mass is 10.2. The van der Waals surface area contributed by atoms with Crippen LogP contribution in [-0.2, 0) is 11.3 Å². The highest BCUT2D eigenvalue weighted by Crippen LogP contribution is 2.30. The number of benzene rings is 2. The first kappa shape index (κ1) is 16.4. The highest BCUT2D eigenvalue weighted by molar-refractivity contribution is 7.21. The van der Waals surface area contributed by atoms with E-state index in [0.717, 1.165) is 21.8 Å². The number of fused-ring (bicyclic) bond motifs is 1. The zero-order valence-corrected chi connectivity index (χ0v) is 14.9. The molecule has 0 bridgehead atoms. The average molecular weight is 360 g/mol. The summed E-state index contributed by atoms with van der Waals surface area (Å²) in [5, 5.41) is 3.94. The van der Waals surface area contributed by atoms with Crippen molar-refractivity contribution in [2.24, 2.45) is 0 Å². The largest absolute Gasteiger partial charge is 0.326 e. The van der Waals surface area contributed by atoms with Gasteiger partial charge in [-0.15, -0.1) is 11.3 Å². The third-order valence-corrected chi connectivity index (χ3v) is 5.17. The van der Waals surface area contributed by atoms with Gasteiger partial charge in [-0.05, 0) is 36.4 Å². The predicted molar refractivity (Wildman–Crippen MR) is 105 cm³/mol. The van der Waals surface area contributed by atoms with Crippen LogP contribution < -0.4 is 9.88 Å². The number of nitrogens with zero attached hydrogens (tertiary/aromatic N) is 2. The minimum atomic E-state index is 0.00842. The van der Waals surface area contributed by atoms with Crippen LogP contribution in [0.1, 0.15) is 6.42 Å². The molecule has 0 saturated heterocycles. The molecule has 0 radical (unpaired) electrons. The fraction of sp³-hybridized carbons (Fsp3) is 0.0952. The summed E-state index contributed by atoms with van der Waals surface area (Å²) in [5.41, 5.74) is 2.88. The van der Waals surface area contributed by atoms with Crippen LogP contribution >= 0.6 is 11.3 Å². The van der Waals surface area contributed by atoms with E-state index in [1.165, 1.54) is 4.70 Å². The van der Waals surface area contributed by atoms with Crippen molar-refractivity contribution in [3.63, 3.8) is 0 Å². The number of thiazole rings is 1. The summed E-state index contributed by atoms with van der Waals surface area (Å²) < 4.78 is 3.17. The molecule has 0 atom stereocenters. The molecule has 5 heteroatoms. The molecule has 2 aromatic carbocycles. The highest BCUT2D eigenvalue weighted by Gasteiger charge is 2.08. The smallest absolute Gasteiger partial charge is 0.230 e. The van der Waals surface area contributed by atoms with Crippen molar-refractivity contribution in [1.82, 2.24) is 4.98 Å². The summed E-state index contributed by atoms with van der Waals surface area (Å²) in [7, 11) is 0. The number of aromatic nitrogens is 2. The first-order valence-electron chi connectivity index (χ1n) is 8.48. The fourth-order valence-electron chi connectivity index (χ4n) is 2.73. The van der Waals surface area contributed by atoms with E-state index >= 15 is 0 Å². The highest BCUT2D eigenvalue weighted by atomic mass is 32.1. The summed E-state index contributed by atoms with van der Waals surface area (Å²) in [5.74, 6) is 0.00842. The molecule has 4 nitrogen and oxygen atoms in total. The van der Waals surface area contributed by atoms with E-state index in [9.17, 15) is 4.79 Å². The van der Waals surface area contributed by atoms with Gasteiger partial charge in [0.1, 0.15) is 5.01 Å². The maximum Gasteiger partial charge on any atom is 0.230 e. The van der Waals surface area contributed by atoms with E-state index in [-0.39, 0.29) is 5.91 Å². The topological polar surface area (TPSA) is 45.9 Å². The molecule has 0 aliphatic heterocycles. The van der Waals surface area contributed by atoms with Gasteiger partial charge < -0.3 is 5.32 Å². The lowest BCUT2D eigenvalue weighted by molar-refractivity contribution is -0.695. The summed E-state index contributed by atoms with van der Waals surface area (Å²) >= 11 is 1.67. The van der Waals surface area contributed by atoms with Gasteiger partial charge in [0.2, 0.25) is 5.91 Å². The number of para-hydroxylation sites is 1. The van der Waals surface area contributed by atoms with E-state index in [1.807, 2.05) is 77.6 Å². The van der Waals surface area contributed by atoms with Crippen LogP contribution in [0.5, 0.6) is 0 Å². The van der Waals surface area contributed by atoms with Crippen molar-refractivity contribution in [2.45, 2.75) is 13.0 Å². The molecular formula is C21H18N3OS+. The molecule has 128 valence electrons. The number of rotatable bonds is 5. The Balaban J connectivity index is 1.40. The van der Waals surface area contributed by atoms with Gasteiger partial charge in [-0.3, -0.25) is 4.79 Å². The predicted octanol–water partition coefficient (Wildman–Crippen LogP) is 4.28. The number of nitrogens with one attached hydrogen (secondary N) is 1. The van der Waals surface area contributed by atoms with E-state index < -0.39 is 0 Å². The zero-order valence-electron chi connectivity index (χ0n) is 14.1. The molecule has 4 aromatic rings. The number of anilines is 1. The summed E-state index contributed by atoms with van der Waals surface area (Å²) in [6.45, 7) is 0.663. The molecular weight excluding hydrogens is 342 g/mol. The Kier molecular flexibility index (Phi) is 4.71. The van der Waals surface area contributed by atoms with Gasteiger partial charge in [0.25, 0.3) is 0 Å². The van der Waals surface area contributed by atoms with Crippen LogP contribution in [0.3, 0.4) is 0 Å². The van der Waals surface area contributed by atoms with E-state index in [0.29, 0.717) is 13.0 Å². The molecule has 1 N–H and O–H groups in total. The minimum absolute atomic E-state index is 0.00842. The first-order chi connectivity index (χ1) is 12.8. The van der Waals surface area contributed by atoms with E-state index in [2.05, 4.69) is 16.4 Å². The normalized spacial score (nSPS) is 10.8. The first-order valence-corrected chi connectivity index (χ1v) is 9.29. The van der Waals surface area contributed by atoms with Crippen molar-refractivity contribution in [3.8, 4) is 10.6 Å². The SMILES string of the molecule is O=C(CC[n+]1ccccc1)Nc1ccc(-c2nc3ccccc3s2)cc1. The second-order valence-corrected chi connectivity index (χ2v) is 7.01. The van der Waals surface area contributed by atoms with Crippen LogP contribution in [0.4, 0.5) is 5.69 Å². The monoisotopic (exact) mass is 360 g/mol. The van der Waals surface area contributed by atoms with E-state index in [1.54, 1.807) is 11.3 Å². The van der Waals surface area contributed by atoms with E-state index in [4.69, 9.17) is 0 Å². The van der Waals surface area contributed by atoms with Crippen molar-refractivity contribution >= 4 is 33.1 Å². The summed E-state index contributed by atoms with van der Waals surface area (Å²) in [6, 6.07) is 21.8. The molecule has 0 aliphatic carbocycles. The third kappa shape index (κ3) is 3.78. The third-order valence-electron chi connectivity index (χ3n) is 4.08. The Bertz CT molecular complexity index is 993. The van der Waals surface area contributed by atoms with Gasteiger partial charge >= 0.3 is 0 Å². The Morgan fingerprint density at radius 3 is 2.50 bits per heavy atom. The molecule has 0 spiro atoms. The van der Waals surface area contributed by atoms with Gasteiger partial charge in [0.15, 0.2) is 18.9 Å². The lowest BCUT2D eigenvalue weighted by Gasteiger charge is -2.05. The Labute approximate surface area is 155 Å². The molecule has 0 fully saturated rings. The molecule has 0 aliphatic rings. The Morgan fingerprint density at radius 2 is 1.73 bits per heavy atom. The van der Waals surface area contributed by atoms with Gasteiger partial charge in [0.05, 0.1) is 16.6 Å². The summed E-state index contributed by atoms with van der Waals surface area (Å²) in [6.07, 6.45) is 4.36. The van der Waals surface area contributed by atoms with Crippen LogP contribution in [0.25, 0.3) is 20.8 Å². The van der Waals surface area contributed by atoms with Crippen molar-refractivity contribution in [3.05, 3.63) is 79.1 Å². The quantitative estimate of drug-likeness (QED) is 0.540. The Hall–Kier alpha value is -3.05. The molecule has 0 saturated carbocycles. The molecule has 2 heterocycles. The number of amides is 1. The van der Waals surface area contributed by atoms with Crippen LogP contribution in [0.2, 0.25) is 0 Å². The number of hydrogen-bond acceptors (Lipinski definition) is 3. The average Bonchev–Trinajstić information content (AvgIpc) is 3.12. The van der Waals surface area contributed by atoms with Gasteiger partial charge in [-0.25, -0.2) is 9.55 Å². The maximum atomic E-state index is 12.1. The number of hydrogen-bond donors (Lipinski definition) is 1. The standard InChI is InChI=1S/C21H17N3OS/c25-20(12-15-24-13-4-1-5-14-24)22-17-10-8-16(9-11-17)21-23-18-6-2-3-7-19(18)26-21/h1-11,13-14H,12,15H2/p+1. The number of aryl methyl sites for hydroxylation is 1. The van der Waals surface area contributed by atoms with Gasteiger partial charge in [0, 0.05) is 23.4 Å². The van der Waals surface area contributed by atoms with Crippen LogP contribution in [0.15, 0.2) is 79.1 Å². The van der Waals surface area contributed by atoms with Crippen molar-refractivity contribution in [1.29, 1.82) is 0 Å². The van der Waals surface area contributed by atoms with Crippen molar-refractivity contribution in [2.75, 3.05) is 5.32 Å². The maximum absolute atomic E-state index is 12.1. The molecule has 2 aromatic heterocycles. The molecule has 26 heavy (non-hydrogen) atoms. The Morgan fingerprint density at radius 1 is 0.962 bits per heavy atom. The second kappa shape index (κ2) is 7.45. The second-order valence-electron chi connectivity index (χ2n) is 5.98. The van der Waals surface area contributed by atoms with Crippen LogP contribution in [0, 0.1) is 0 Å². The number of carbonyl (C=O) groups is 1. The summed E-state index contributed by atoms with van der Waals surface area (Å²) in [4.78, 5) is 16.8. The number of carbonyl (C=O) groups excluding carboxylic acids is 1. The molecule has 1 amide bonds. The van der Waals surface area contributed by atoms with Gasteiger partial charge in [-0.2, -0.15) is 0 Å². The van der Waals surface area contributed by atoms with Crippen molar-refractivity contribution < 1.29 is 9.36 Å². The molecule has 0 unspecified atom stereocenters. The fourth-order valence-corrected chi connectivity index (χ4v) is 3.70. The molecule has 4 rings (SSSR count). The zero-order chi connectivity index (χ0) is 17.8. The number of pyridine rings is 1.